The number of aromatic nitrogens is 2. The van der Waals surface area contributed by atoms with E-state index in [2.05, 4.69) is 27.1 Å². The summed E-state index contributed by atoms with van der Waals surface area (Å²) in [5.41, 5.74) is 2.67. The molecule has 0 bridgehead atoms. The Kier molecular flexibility index (Phi) is 7.34. The fourth-order valence-electron chi connectivity index (χ4n) is 4.60. The molecule has 2 aliphatic heterocycles. The van der Waals surface area contributed by atoms with Crippen LogP contribution in [0.15, 0.2) is 59.7 Å². The highest BCUT2D eigenvalue weighted by Crippen LogP contribution is 2.33. The second kappa shape index (κ2) is 11.0. The number of aromatic hydroxyl groups is 1. The van der Waals surface area contributed by atoms with Crippen molar-refractivity contribution in [2.45, 2.75) is 38.5 Å². The molecule has 0 spiro atoms. The van der Waals surface area contributed by atoms with Gasteiger partial charge in [0, 0.05) is 29.3 Å². The van der Waals surface area contributed by atoms with Crippen LogP contribution in [0.4, 0.5) is 4.79 Å². The lowest BCUT2D eigenvalue weighted by atomic mass is 10.0. The van der Waals surface area contributed by atoms with Crippen molar-refractivity contribution in [2.75, 3.05) is 19.8 Å². The Morgan fingerprint density at radius 2 is 1.74 bits per heavy atom. The number of carbonyl (C=O) groups is 2. The van der Waals surface area contributed by atoms with Gasteiger partial charge >= 0.3 is 6.03 Å². The molecule has 10 heteroatoms. The number of amides is 3. The van der Waals surface area contributed by atoms with Crippen LogP contribution in [0.2, 0.25) is 0 Å². The molecule has 2 fully saturated rings. The summed E-state index contributed by atoms with van der Waals surface area (Å²) in [4.78, 5) is 46.9. The fraction of sp³-hybridized carbons (Fsp3) is 0.310. The minimum Gasteiger partial charge on any atom is -0.502 e. The van der Waals surface area contributed by atoms with Crippen molar-refractivity contribution in [2.24, 2.45) is 0 Å². The maximum Gasteiger partial charge on any atom is 0.321 e. The number of urea groups is 1. The first-order valence-corrected chi connectivity index (χ1v) is 12.7. The van der Waals surface area contributed by atoms with E-state index in [4.69, 9.17) is 4.74 Å². The van der Waals surface area contributed by atoms with Gasteiger partial charge in [0.2, 0.25) is 5.75 Å². The van der Waals surface area contributed by atoms with Gasteiger partial charge in [0.25, 0.3) is 11.5 Å². The van der Waals surface area contributed by atoms with Gasteiger partial charge in [0.05, 0.1) is 38.2 Å². The molecule has 3 N–H and O–H groups in total. The van der Waals surface area contributed by atoms with Crippen LogP contribution in [0.3, 0.4) is 0 Å². The second-order valence-corrected chi connectivity index (χ2v) is 9.86. The molecule has 1 unspecified atom stereocenters. The van der Waals surface area contributed by atoms with Gasteiger partial charge in [-0.3, -0.25) is 9.59 Å². The molecule has 10 nitrogen and oxygen atoms in total. The summed E-state index contributed by atoms with van der Waals surface area (Å²) >= 11 is 0. The third-order valence-electron chi connectivity index (χ3n) is 6.79. The van der Waals surface area contributed by atoms with Gasteiger partial charge in [-0.15, -0.1) is 0 Å². The third kappa shape index (κ3) is 5.63. The van der Waals surface area contributed by atoms with E-state index >= 15 is 0 Å². The zero-order valence-corrected chi connectivity index (χ0v) is 21.7. The Labute approximate surface area is 225 Å². The van der Waals surface area contributed by atoms with Gasteiger partial charge in [-0.05, 0) is 55.8 Å². The lowest BCUT2D eigenvalue weighted by molar-refractivity contribution is -0.00346. The van der Waals surface area contributed by atoms with E-state index in [9.17, 15) is 19.5 Å². The average Bonchev–Trinajstić information content (AvgIpc) is 3.24. The Balaban J connectivity index is 1.27. The van der Waals surface area contributed by atoms with Crippen LogP contribution in [0.25, 0.3) is 0 Å². The third-order valence-corrected chi connectivity index (χ3v) is 6.79. The van der Waals surface area contributed by atoms with Crippen molar-refractivity contribution in [3.05, 3.63) is 93.2 Å². The summed E-state index contributed by atoms with van der Waals surface area (Å²) in [6.07, 6.45) is 1.21. The predicted molar refractivity (Wildman–Crippen MR) is 143 cm³/mol. The predicted octanol–water partition coefficient (Wildman–Crippen LogP) is 2.39. The molecular formula is C29H29N5O5. The van der Waals surface area contributed by atoms with Gasteiger partial charge in [-0.1, -0.05) is 24.0 Å². The molecule has 3 heterocycles. The van der Waals surface area contributed by atoms with Crippen LogP contribution in [0.1, 0.15) is 52.6 Å². The number of aromatic amines is 1. The number of hydrogen-bond acceptors (Lipinski definition) is 6. The van der Waals surface area contributed by atoms with Crippen molar-refractivity contribution in [1.29, 1.82) is 0 Å². The molecule has 0 radical (unpaired) electrons. The summed E-state index contributed by atoms with van der Waals surface area (Å²) in [7, 11) is 0. The van der Waals surface area contributed by atoms with E-state index in [-0.39, 0.29) is 42.3 Å². The minimum absolute atomic E-state index is 0.0350. The van der Waals surface area contributed by atoms with Crippen molar-refractivity contribution in [1.82, 2.24) is 25.1 Å². The van der Waals surface area contributed by atoms with E-state index in [0.29, 0.717) is 25.3 Å². The lowest BCUT2D eigenvalue weighted by Crippen LogP contribution is -2.48. The SMILES string of the molecule is CC(C)N1C(=O)N(Cc2nc[nH]c(=O)c2O)CC1c1ccc(C#Cc2ccc(C(=O)NC3COC3)cc2)cc1. The standard InChI is InChI=1S/C29H29N5O5/c1-18(2)34-25(14-33(29(34)38)13-24-26(35)28(37)31-17-30-24)21-9-5-19(6-10-21)3-4-20-7-11-22(12-8-20)27(36)32-23-15-39-16-23/h5-12,17-18,23,25,35H,13-16H2,1-2H3,(H,32,36)(H,30,31,37). The van der Waals surface area contributed by atoms with E-state index in [0.717, 1.165) is 16.7 Å². The molecule has 0 aliphatic carbocycles. The second-order valence-electron chi connectivity index (χ2n) is 9.86. The monoisotopic (exact) mass is 527 g/mol. The summed E-state index contributed by atoms with van der Waals surface area (Å²) < 4.78 is 5.08. The van der Waals surface area contributed by atoms with Crippen LogP contribution in [-0.4, -0.2) is 68.7 Å². The van der Waals surface area contributed by atoms with E-state index in [1.54, 1.807) is 21.9 Å². The van der Waals surface area contributed by atoms with Crippen LogP contribution >= 0.6 is 0 Å². The van der Waals surface area contributed by atoms with Crippen molar-refractivity contribution in [3.8, 4) is 17.6 Å². The highest BCUT2D eigenvalue weighted by atomic mass is 16.5. The first-order chi connectivity index (χ1) is 18.8. The van der Waals surface area contributed by atoms with Crippen LogP contribution in [0.5, 0.6) is 5.75 Å². The minimum atomic E-state index is -0.637. The first kappa shape index (κ1) is 26.0. The van der Waals surface area contributed by atoms with E-state index in [1.165, 1.54) is 6.33 Å². The van der Waals surface area contributed by atoms with E-state index in [1.807, 2.05) is 50.2 Å². The highest BCUT2D eigenvalue weighted by molar-refractivity contribution is 5.94. The number of benzene rings is 2. The maximum absolute atomic E-state index is 13.2. The quantitative estimate of drug-likeness (QED) is 0.423. The van der Waals surface area contributed by atoms with Gasteiger partial charge in [0.15, 0.2) is 0 Å². The number of hydrogen-bond donors (Lipinski definition) is 3. The fourth-order valence-corrected chi connectivity index (χ4v) is 4.60. The molecule has 2 aromatic carbocycles. The average molecular weight is 528 g/mol. The van der Waals surface area contributed by atoms with Crippen molar-refractivity contribution in [3.63, 3.8) is 0 Å². The smallest absolute Gasteiger partial charge is 0.321 e. The molecule has 5 rings (SSSR count). The van der Waals surface area contributed by atoms with Crippen molar-refractivity contribution < 1.29 is 19.4 Å². The van der Waals surface area contributed by atoms with Crippen LogP contribution in [0, 0.1) is 11.8 Å². The highest BCUT2D eigenvalue weighted by Gasteiger charge is 2.40. The molecule has 2 saturated heterocycles. The van der Waals surface area contributed by atoms with Crippen molar-refractivity contribution >= 4 is 11.9 Å². The molecule has 0 saturated carbocycles. The Morgan fingerprint density at radius 1 is 1.10 bits per heavy atom. The number of nitrogens with one attached hydrogen (secondary N) is 2. The van der Waals surface area contributed by atoms with Crippen LogP contribution < -0.4 is 10.9 Å². The Hall–Kier alpha value is -4.62. The molecule has 1 aromatic heterocycles. The van der Waals surface area contributed by atoms with Gasteiger partial charge in [-0.2, -0.15) is 0 Å². The summed E-state index contributed by atoms with van der Waals surface area (Å²) in [6, 6.07) is 14.5. The zero-order valence-electron chi connectivity index (χ0n) is 21.7. The molecular weight excluding hydrogens is 498 g/mol. The normalized spacial score (nSPS) is 17.1. The Bertz CT molecular complexity index is 1480. The summed E-state index contributed by atoms with van der Waals surface area (Å²) in [5, 5.41) is 13.0. The number of carbonyl (C=O) groups excluding carboxylic acids is 2. The topological polar surface area (TPSA) is 128 Å². The molecule has 3 amide bonds. The lowest BCUT2D eigenvalue weighted by Gasteiger charge is -2.27. The number of ether oxygens (including phenoxy) is 1. The number of nitrogens with zero attached hydrogens (tertiary/aromatic N) is 3. The maximum atomic E-state index is 13.2. The largest absolute Gasteiger partial charge is 0.502 e. The molecule has 3 aromatic rings. The molecule has 2 aliphatic rings. The Morgan fingerprint density at radius 3 is 2.33 bits per heavy atom. The summed E-state index contributed by atoms with van der Waals surface area (Å²) in [5.74, 6) is 5.67. The van der Waals surface area contributed by atoms with E-state index < -0.39 is 11.3 Å². The summed E-state index contributed by atoms with van der Waals surface area (Å²) in [6.45, 7) is 5.44. The number of rotatable bonds is 6. The van der Waals surface area contributed by atoms with Gasteiger partial charge in [-0.25, -0.2) is 9.78 Å². The molecule has 39 heavy (non-hydrogen) atoms. The van der Waals surface area contributed by atoms with Gasteiger partial charge < -0.3 is 29.9 Å². The first-order valence-electron chi connectivity index (χ1n) is 12.7. The molecule has 200 valence electrons. The number of H-pyrrole nitrogens is 1. The van der Waals surface area contributed by atoms with Gasteiger partial charge in [0.1, 0.15) is 5.69 Å². The zero-order chi connectivity index (χ0) is 27.5. The van der Waals surface area contributed by atoms with Crippen LogP contribution in [-0.2, 0) is 11.3 Å². The molecule has 1 atom stereocenters.